The zero-order chi connectivity index (χ0) is 19.1. The number of fused-ring (bicyclic) bond motifs is 1. The summed E-state index contributed by atoms with van der Waals surface area (Å²) in [4.78, 5) is 22.7. The molecule has 0 spiro atoms. The van der Waals surface area contributed by atoms with E-state index in [9.17, 15) is 9.90 Å². The number of anilines is 1. The summed E-state index contributed by atoms with van der Waals surface area (Å²) in [7, 11) is 0. The van der Waals surface area contributed by atoms with Crippen molar-refractivity contribution < 1.29 is 9.90 Å². The molecule has 1 saturated carbocycles. The Hall–Kier alpha value is -2.95. The number of aromatic nitrogens is 2. The average molecular weight is 373 g/mol. The second-order valence-electron chi connectivity index (χ2n) is 7.92. The normalized spacial score (nSPS) is 19.7. The van der Waals surface area contributed by atoms with Gasteiger partial charge in [-0.3, -0.25) is 4.79 Å². The summed E-state index contributed by atoms with van der Waals surface area (Å²) in [6.07, 6.45) is 5.77. The van der Waals surface area contributed by atoms with Crippen LogP contribution >= 0.6 is 0 Å². The van der Waals surface area contributed by atoms with Crippen molar-refractivity contribution in [2.75, 3.05) is 18.0 Å². The van der Waals surface area contributed by atoms with Gasteiger partial charge in [0.15, 0.2) is 0 Å². The van der Waals surface area contributed by atoms with Crippen molar-refractivity contribution in [1.29, 1.82) is 0 Å². The Morgan fingerprint density at radius 1 is 1.04 bits per heavy atom. The fraction of sp³-hybridized carbons (Fsp3) is 0.348. The number of nitrogens with zero attached hydrogens (tertiary/aromatic N) is 3. The Morgan fingerprint density at radius 2 is 1.86 bits per heavy atom. The van der Waals surface area contributed by atoms with Gasteiger partial charge in [-0.15, -0.1) is 0 Å². The van der Waals surface area contributed by atoms with Crippen LogP contribution in [0.2, 0.25) is 0 Å². The van der Waals surface area contributed by atoms with E-state index in [1.165, 1.54) is 18.4 Å². The molecule has 3 aromatic rings. The van der Waals surface area contributed by atoms with Crippen LogP contribution in [0.1, 0.15) is 37.2 Å². The van der Waals surface area contributed by atoms with Gasteiger partial charge in [0.05, 0.1) is 16.8 Å². The van der Waals surface area contributed by atoms with Crippen LogP contribution in [-0.4, -0.2) is 34.1 Å². The number of aliphatic carboxylic acids is 1. The van der Waals surface area contributed by atoms with E-state index in [-0.39, 0.29) is 5.92 Å². The quantitative estimate of drug-likeness (QED) is 0.731. The Kier molecular flexibility index (Phi) is 4.23. The second-order valence-corrected chi connectivity index (χ2v) is 7.92. The van der Waals surface area contributed by atoms with Gasteiger partial charge in [-0.1, -0.05) is 36.4 Å². The lowest BCUT2D eigenvalue weighted by atomic mass is 9.96. The summed E-state index contributed by atoms with van der Waals surface area (Å²) in [6.45, 7) is 1.32. The molecular weight excluding hydrogens is 350 g/mol. The van der Waals surface area contributed by atoms with Gasteiger partial charge in [0.2, 0.25) is 0 Å². The maximum atomic E-state index is 11.5. The molecule has 2 fully saturated rings. The zero-order valence-electron chi connectivity index (χ0n) is 15.7. The predicted octanol–water partition coefficient (Wildman–Crippen LogP) is 4.48. The van der Waals surface area contributed by atoms with Gasteiger partial charge in [-0.05, 0) is 54.4 Å². The van der Waals surface area contributed by atoms with E-state index in [0.29, 0.717) is 6.54 Å². The van der Waals surface area contributed by atoms with Crippen LogP contribution in [0.4, 0.5) is 5.82 Å². The molecule has 1 saturated heterocycles. The van der Waals surface area contributed by atoms with Crippen molar-refractivity contribution >= 4 is 22.7 Å². The van der Waals surface area contributed by atoms with Gasteiger partial charge >= 0.3 is 5.97 Å². The molecule has 0 bridgehead atoms. The molecule has 1 N–H and O–H groups in total. The average Bonchev–Trinajstić information content (AvgIpc) is 3.58. The smallest absolute Gasteiger partial charge is 0.308 e. The minimum absolute atomic E-state index is 0.344. The second kappa shape index (κ2) is 6.89. The standard InChI is InChI=1S/C23H23N3O2/c27-23(28)18-3-2-12-26(13-18)22-21-19(4-1-5-20(21)24-14-25-22)17-10-8-16(9-11-17)15-6-7-15/h1,4-5,8-11,14-15,18H,2-3,6-7,12-13H2,(H,27,28). The molecule has 1 aliphatic carbocycles. The molecule has 5 nitrogen and oxygen atoms in total. The van der Waals surface area contributed by atoms with Gasteiger partial charge in [0, 0.05) is 13.1 Å². The van der Waals surface area contributed by atoms with E-state index in [1.54, 1.807) is 6.33 Å². The fourth-order valence-corrected chi connectivity index (χ4v) is 4.30. The van der Waals surface area contributed by atoms with Crippen LogP contribution in [0.3, 0.4) is 0 Å². The largest absolute Gasteiger partial charge is 0.481 e. The van der Waals surface area contributed by atoms with Gasteiger partial charge in [-0.25, -0.2) is 9.97 Å². The molecule has 0 radical (unpaired) electrons. The van der Waals surface area contributed by atoms with E-state index < -0.39 is 5.97 Å². The molecule has 28 heavy (non-hydrogen) atoms. The van der Waals surface area contributed by atoms with Crippen molar-refractivity contribution in [1.82, 2.24) is 9.97 Å². The SMILES string of the molecule is O=C(O)C1CCCN(c2ncnc3cccc(-c4ccc(C5CC5)cc4)c23)C1. The molecule has 1 aromatic heterocycles. The maximum Gasteiger partial charge on any atom is 0.308 e. The summed E-state index contributed by atoms with van der Waals surface area (Å²) in [5.41, 5.74) is 4.57. The molecule has 2 heterocycles. The highest BCUT2D eigenvalue weighted by atomic mass is 16.4. The summed E-state index contributed by atoms with van der Waals surface area (Å²) in [6, 6.07) is 15.0. The third-order valence-corrected chi connectivity index (χ3v) is 5.98. The molecule has 1 unspecified atom stereocenters. The Morgan fingerprint density at radius 3 is 2.61 bits per heavy atom. The van der Waals surface area contributed by atoms with Gasteiger partial charge in [-0.2, -0.15) is 0 Å². The topological polar surface area (TPSA) is 66.3 Å². The van der Waals surface area contributed by atoms with Gasteiger partial charge in [0.1, 0.15) is 12.1 Å². The minimum Gasteiger partial charge on any atom is -0.481 e. The minimum atomic E-state index is -0.723. The first-order chi connectivity index (χ1) is 13.7. The number of rotatable bonds is 4. The Balaban J connectivity index is 1.59. The molecule has 2 aliphatic rings. The Labute approximate surface area is 164 Å². The van der Waals surface area contributed by atoms with Crippen molar-refractivity contribution in [3.8, 4) is 11.1 Å². The van der Waals surface area contributed by atoms with Gasteiger partial charge < -0.3 is 10.0 Å². The van der Waals surface area contributed by atoms with Crippen LogP contribution in [0.15, 0.2) is 48.8 Å². The number of carboxylic acid groups (broad SMARTS) is 1. The lowest BCUT2D eigenvalue weighted by molar-refractivity contribution is -0.141. The first-order valence-electron chi connectivity index (χ1n) is 10.0. The number of carboxylic acids is 1. The van der Waals surface area contributed by atoms with Crippen LogP contribution < -0.4 is 4.90 Å². The lowest BCUT2D eigenvalue weighted by Crippen LogP contribution is -2.39. The van der Waals surface area contributed by atoms with Gasteiger partial charge in [0.25, 0.3) is 0 Å². The van der Waals surface area contributed by atoms with Crippen molar-refractivity contribution in [2.45, 2.75) is 31.6 Å². The molecule has 1 atom stereocenters. The van der Waals surface area contributed by atoms with E-state index in [2.05, 4.69) is 45.2 Å². The van der Waals surface area contributed by atoms with Crippen molar-refractivity contribution in [3.63, 3.8) is 0 Å². The summed E-state index contributed by atoms with van der Waals surface area (Å²) < 4.78 is 0. The molecule has 142 valence electrons. The molecule has 5 heteroatoms. The van der Waals surface area contributed by atoms with E-state index in [0.717, 1.165) is 53.2 Å². The van der Waals surface area contributed by atoms with Crippen LogP contribution in [0.5, 0.6) is 0 Å². The summed E-state index contributed by atoms with van der Waals surface area (Å²) >= 11 is 0. The molecule has 2 aromatic carbocycles. The number of piperidine rings is 1. The third-order valence-electron chi connectivity index (χ3n) is 5.98. The monoisotopic (exact) mass is 373 g/mol. The molecule has 0 amide bonds. The van der Waals surface area contributed by atoms with Crippen LogP contribution in [0, 0.1) is 5.92 Å². The third kappa shape index (κ3) is 3.11. The number of carbonyl (C=O) groups is 1. The summed E-state index contributed by atoms with van der Waals surface area (Å²) in [5.74, 6) is 0.516. The Bertz CT molecular complexity index is 1020. The lowest BCUT2D eigenvalue weighted by Gasteiger charge is -2.32. The fourth-order valence-electron chi connectivity index (χ4n) is 4.30. The predicted molar refractivity (Wildman–Crippen MR) is 110 cm³/mol. The van der Waals surface area contributed by atoms with Crippen molar-refractivity contribution in [3.05, 3.63) is 54.4 Å². The van der Waals surface area contributed by atoms with E-state index in [1.807, 2.05) is 12.1 Å². The highest BCUT2D eigenvalue weighted by molar-refractivity contribution is 6.02. The highest BCUT2D eigenvalue weighted by Gasteiger charge is 2.28. The zero-order valence-corrected chi connectivity index (χ0v) is 15.7. The first kappa shape index (κ1) is 17.2. The first-order valence-corrected chi connectivity index (χ1v) is 10.0. The molecule has 5 rings (SSSR count). The van der Waals surface area contributed by atoms with Crippen molar-refractivity contribution in [2.24, 2.45) is 5.92 Å². The summed E-state index contributed by atoms with van der Waals surface area (Å²) in [5, 5.41) is 10.5. The molecule has 1 aliphatic heterocycles. The van der Waals surface area contributed by atoms with E-state index >= 15 is 0 Å². The van der Waals surface area contributed by atoms with E-state index in [4.69, 9.17) is 0 Å². The number of benzene rings is 2. The number of hydrogen-bond acceptors (Lipinski definition) is 4. The van der Waals surface area contributed by atoms with Crippen LogP contribution in [0.25, 0.3) is 22.0 Å². The highest BCUT2D eigenvalue weighted by Crippen LogP contribution is 2.41. The molecular formula is C23H23N3O2. The van der Waals surface area contributed by atoms with Crippen LogP contribution in [-0.2, 0) is 4.79 Å². The maximum absolute atomic E-state index is 11.5. The number of hydrogen-bond donors (Lipinski definition) is 1.